The molecule has 140 valence electrons. The third-order valence-electron chi connectivity index (χ3n) is 5.59. The van der Waals surface area contributed by atoms with E-state index in [1.807, 2.05) is 30.3 Å². The highest BCUT2D eigenvalue weighted by Crippen LogP contribution is 2.33. The first-order valence-electron chi connectivity index (χ1n) is 9.77. The van der Waals surface area contributed by atoms with Crippen LogP contribution in [0, 0.1) is 5.92 Å². The van der Waals surface area contributed by atoms with Gasteiger partial charge in [-0.3, -0.25) is 9.89 Å². The first-order valence-corrected chi connectivity index (χ1v) is 9.77. The molecule has 0 aliphatic carbocycles. The molecule has 0 radical (unpaired) electrons. The zero-order chi connectivity index (χ0) is 18.9. The van der Waals surface area contributed by atoms with Gasteiger partial charge < -0.3 is 10.6 Å². The summed E-state index contributed by atoms with van der Waals surface area (Å²) >= 11 is 0. The van der Waals surface area contributed by atoms with Gasteiger partial charge in [-0.2, -0.15) is 5.10 Å². The van der Waals surface area contributed by atoms with Gasteiger partial charge in [-0.15, -0.1) is 0 Å². The van der Waals surface area contributed by atoms with Crippen LogP contribution in [0.1, 0.15) is 12.8 Å². The zero-order valence-corrected chi connectivity index (χ0v) is 15.5. The summed E-state index contributed by atoms with van der Waals surface area (Å²) in [6, 6.07) is 20.5. The lowest BCUT2D eigenvalue weighted by molar-refractivity contribution is -0.120. The van der Waals surface area contributed by atoms with Crippen LogP contribution in [0.15, 0.2) is 60.7 Å². The molecule has 1 aliphatic rings. The van der Waals surface area contributed by atoms with Gasteiger partial charge in [0.2, 0.25) is 5.91 Å². The minimum atomic E-state index is 0.0823. The number of benzene rings is 3. The van der Waals surface area contributed by atoms with Gasteiger partial charge in [0.25, 0.3) is 0 Å². The van der Waals surface area contributed by atoms with Gasteiger partial charge >= 0.3 is 0 Å². The van der Waals surface area contributed by atoms with Crippen LogP contribution >= 0.6 is 0 Å². The molecule has 1 aliphatic heterocycles. The second-order valence-corrected chi connectivity index (χ2v) is 7.37. The summed E-state index contributed by atoms with van der Waals surface area (Å²) in [4.78, 5) is 12.6. The Bertz CT molecular complexity index is 1150. The van der Waals surface area contributed by atoms with Gasteiger partial charge in [-0.1, -0.05) is 42.5 Å². The van der Waals surface area contributed by atoms with Crippen LogP contribution in [0.2, 0.25) is 0 Å². The predicted molar refractivity (Wildman–Crippen MR) is 113 cm³/mol. The Morgan fingerprint density at radius 1 is 0.964 bits per heavy atom. The van der Waals surface area contributed by atoms with Crippen molar-refractivity contribution in [1.29, 1.82) is 0 Å². The van der Waals surface area contributed by atoms with Crippen LogP contribution in [-0.4, -0.2) is 29.2 Å². The smallest absolute Gasteiger partial charge is 0.227 e. The number of hydrogen-bond acceptors (Lipinski definition) is 3. The molecule has 5 rings (SSSR count). The highest BCUT2D eigenvalue weighted by molar-refractivity contribution is 6.05. The molecule has 2 heterocycles. The maximum Gasteiger partial charge on any atom is 0.227 e. The minimum absolute atomic E-state index is 0.0823. The lowest BCUT2D eigenvalue weighted by Crippen LogP contribution is -2.34. The first kappa shape index (κ1) is 17.0. The van der Waals surface area contributed by atoms with Gasteiger partial charge in [0.05, 0.1) is 5.52 Å². The third kappa shape index (κ3) is 3.04. The number of aromatic nitrogens is 2. The summed E-state index contributed by atoms with van der Waals surface area (Å²) < 4.78 is 0. The molecule has 5 heteroatoms. The Labute approximate surface area is 163 Å². The molecule has 0 saturated carbocycles. The summed E-state index contributed by atoms with van der Waals surface area (Å²) in [5, 5.41) is 17.5. The molecule has 5 nitrogen and oxygen atoms in total. The third-order valence-corrected chi connectivity index (χ3v) is 5.59. The average Bonchev–Trinajstić information content (AvgIpc) is 3.17. The quantitative estimate of drug-likeness (QED) is 0.503. The molecule has 3 N–H and O–H groups in total. The van der Waals surface area contributed by atoms with Gasteiger partial charge in [-0.05, 0) is 54.9 Å². The van der Waals surface area contributed by atoms with Crippen molar-refractivity contribution >= 4 is 33.3 Å². The van der Waals surface area contributed by atoms with E-state index in [-0.39, 0.29) is 11.8 Å². The second-order valence-electron chi connectivity index (χ2n) is 7.37. The van der Waals surface area contributed by atoms with E-state index in [9.17, 15) is 4.79 Å². The number of carbonyl (C=O) groups excluding carboxylic acids is 1. The van der Waals surface area contributed by atoms with Gasteiger partial charge in [-0.25, -0.2) is 0 Å². The molecular formula is C23H22N4O. The van der Waals surface area contributed by atoms with Crippen LogP contribution in [0.3, 0.4) is 0 Å². The standard InChI is InChI=1S/C23H22N4O/c28-23(16-10-12-24-13-11-16)25-17-8-9-21-20(14-17)22(27-26-21)19-7-3-5-15-4-1-2-6-18(15)19/h1-9,14,16,24H,10-13H2,(H,25,28)(H,26,27). The first-order chi connectivity index (χ1) is 13.8. The Kier molecular flexibility index (Phi) is 4.29. The highest BCUT2D eigenvalue weighted by atomic mass is 16.1. The molecule has 4 aromatic rings. The van der Waals surface area contributed by atoms with Crippen molar-refractivity contribution in [1.82, 2.24) is 15.5 Å². The number of amides is 1. The van der Waals surface area contributed by atoms with E-state index >= 15 is 0 Å². The molecular weight excluding hydrogens is 348 g/mol. The number of rotatable bonds is 3. The number of nitrogens with zero attached hydrogens (tertiary/aromatic N) is 1. The van der Waals surface area contributed by atoms with Crippen molar-refractivity contribution < 1.29 is 4.79 Å². The predicted octanol–water partition coefficient (Wildman–Crippen LogP) is 4.32. The fourth-order valence-electron chi connectivity index (χ4n) is 4.06. The van der Waals surface area contributed by atoms with E-state index in [0.29, 0.717) is 0 Å². The SMILES string of the molecule is O=C(Nc1ccc2[nH]nc(-c3cccc4ccccc34)c2c1)C1CCNCC1. The Balaban J connectivity index is 1.52. The van der Waals surface area contributed by atoms with Crippen molar-refractivity contribution in [3.63, 3.8) is 0 Å². The van der Waals surface area contributed by atoms with Crippen LogP contribution in [0.4, 0.5) is 5.69 Å². The molecule has 1 aromatic heterocycles. The molecule has 1 fully saturated rings. The number of aromatic amines is 1. The number of hydrogen-bond donors (Lipinski definition) is 3. The number of anilines is 1. The normalized spacial score (nSPS) is 15.1. The zero-order valence-electron chi connectivity index (χ0n) is 15.5. The fraction of sp³-hybridized carbons (Fsp3) is 0.217. The molecule has 0 bridgehead atoms. The summed E-state index contributed by atoms with van der Waals surface area (Å²) in [6.07, 6.45) is 1.78. The van der Waals surface area contributed by atoms with Crippen molar-refractivity contribution in [3.8, 4) is 11.3 Å². The van der Waals surface area contributed by atoms with E-state index in [1.165, 1.54) is 10.8 Å². The van der Waals surface area contributed by atoms with Gasteiger partial charge in [0.15, 0.2) is 0 Å². The van der Waals surface area contributed by atoms with Crippen LogP contribution in [0.5, 0.6) is 0 Å². The number of H-pyrrole nitrogens is 1. The van der Waals surface area contributed by atoms with E-state index in [1.54, 1.807) is 0 Å². The number of fused-ring (bicyclic) bond motifs is 2. The molecule has 0 unspecified atom stereocenters. The Morgan fingerprint density at radius 3 is 2.68 bits per heavy atom. The Hall–Kier alpha value is -3.18. The van der Waals surface area contributed by atoms with Crippen LogP contribution < -0.4 is 10.6 Å². The largest absolute Gasteiger partial charge is 0.326 e. The van der Waals surface area contributed by atoms with E-state index in [4.69, 9.17) is 0 Å². The lowest BCUT2D eigenvalue weighted by Gasteiger charge is -2.21. The fourth-order valence-corrected chi connectivity index (χ4v) is 4.06. The number of nitrogens with one attached hydrogen (secondary N) is 3. The maximum absolute atomic E-state index is 12.6. The van der Waals surface area contributed by atoms with Crippen LogP contribution in [0.25, 0.3) is 32.9 Å². The van der Waals surface area contributed by atoms with Crippen molar-refractivity contribution in [3.05, 3.63) is 60.7 Å². The summed E-state index contributed by atoms with van der Waals surface area (Å²) in [5.41, 5.74) is 3.78. The van der Waals surface area contributed by atoms with Crippen LogP contribution in [-0.2, 0) is 4.79 Å². The van der Waals surface area contributed by atoms with E-state index in [0.717, 1.165) is 53.8 Å². The number of carbonyl (C=O) groups is 1. The van der Waals surface area contributed by atoms with Gasteiger partial charge in [0, 0.05) is 22.6 Å². The summed E-state index contributed by atoms with van der Waals surface area (Å²) in [6.45, 7) is 1.81. The lowest BCUT2D eigenvalue weighted by atomic mass is 9.97. The second kappa shape index (κ2) is 7.09. The van der Waals surface area contributed by atoms with Gasteiger partial charge in [0.1, 0.15) is 5.69 Å². The van der Waals surface area contributed by atoms with Crippen molar-refractivity contribution in [2.24, 2.45) is 5.92 Å². The minimum Gasteiger partial charge on any atom is -0.326 e. The number of piperidine rings is 1. The highest BCUT2D eigenvalue weighted by Gasteiger charge is 2.21. The molecule has 1 amide bonds. The van der Waals surface area contributed by atoms with E-state index < -0.39 is 0 Å². The molecule has 0 atom stereocenters. The molecule has 3 aromatic carbocycles. The van der Waals surface area contributed by atoms with Crippen molar-refractivity contribution in [2.75, 3.05) is 18.4 Å². The summed E-state index contributed by atoms with van der Waals surface area (Å²) in [7, 11) is 0. The molecule has 1 saturated heterocycles. The Morgan fingerprint density at radius 2 is 1.79 bits per heavy atom. The maximum atomic E-state index is 12.6. The van der Waals surface area contributed by atoms with E-state index in [2.05, 4.69) is 51.2 Å². The topological polar surface area (TPSA) is 69.8 Å². The monoisotopic (exact) mass is 370 g/mol. The average molecular weight is 370 g/mol. The molecule has 0 spiro atoms. The summed E-state index contributed by atoms with van der Waals surface area (Å²) in [5.74, 6) is 0.190. The van der Waals surface area contributed by atoms with Crippen molar-refractivity contribution in [2.45, 2.75) is 12.8 Å². The molecule has 28 heavy (non-hydrogen) atoms.